The van der Waals surface area contributed by atoms with E-state index in [-0.39, 0.29) is 0 Å². The largest absolute Gasteiger partial charge is 0.440 e. The van der Waals surface area contributed by atoms with E-state index in [1.165, 1.54) is 66.0 Å². The molecule has 0 fully saturated rings. The van der Waals surface area contributed by atoms with Gasteiger partial charge in [-0.1, -0.05) is 152 Å². The molecule has 8 aromatic carbocycles. The molecule has 0 spiro atoms. The Balaban J connectivity index is 0.955. The first kappa shape index (κ1) is 32.2. The number of hydrogen-bond donors (Lipinski definition) is 0. The van der Waals surface area contributed by atoms with Crippen LogP contribution in [0.1, 0.15) is 23.4 Å². The number of aromatic nitrogens is 2. The van der Waals surface area contributed by atoms with Crippen molar-refractivity contribution >= 4 is 38.2 Å². The van der Waals surface area contributed by atoms with E-state index in [9.17, 15) is 0 Å². The number of hydrogen-bond acceptors (Lipinski definition) is 2. The zero-order valence-electron chi connectivity index (χ0n) is 30.7. The molecule has 2 heterocycles. The molecule has 1 aliphatic rings. The monoisotopic (exact) mass is 716 g/mol. The van der Waals surface area contributed by atoms with Crippen LogP contribution in [0, 0.1) is 0 Å². The number of benzene rings is 8. The highest BCUT2D eigenvalue weighted by molar-refractivity contribution is 6.11. The second-order valence-electron chi connectivity index (χ2n) is 14.6. The highest BCUT2D eigenvalue weighted by Crippen LogP contribution is 2.42. The Kier molecular flexibility index (Phi) is 7.63. The van der Waals surface area contributed by atoms with Crippen LogP contribution in [-0.4, -0.2) is 9.55 Å². The lowest BCUT2D eigenvalue weighted by atomic mass is 9.89. The lowest BCUT2D eigenvalue weighted by Crippen LogP contribution is -2.00. The maximum atomic E-state index is 6.49. The molecule has 0 N–H and O–H groups in total. The van der Waals surface area contributed by atoms with E-state index >= 15 is 0 Å². The highest BCUT2D eigenvalue weighted by Gasteiger charge is 2.23. The van der Waals surface area contributed by atoms with E-state index in [4.69, 9.17) is 9.40 Å². The van der Waals surface area contributed by atoms with Crippen LogP contribution in [-0.2, 0) is 6.42 Å². The number of nitrogens with zero attached hydrogens (tertiary/aromatic N) is 2. The van der Waals surface area contributed by atoms with Gasteiger partial charge in [-0.3, -0.25) is 0 Å². The molecule has 56 heavy (non-hydrogen) atoms. The third kappa shape index (κ3) is 5.32. The Morgan fingerprint density at radius 2 is 1.04 bits per heavy atom. The second-order valence-corrected chi connectivity index (χ2v) is 14.6. The number of rotatable bonds is 6. The molecule has 3 heteroatoms. The Bertz CT molecular complexity index is 3120. The summed E-state index contributed by atoms with van der Waals surface area (Å²) in [5.41, 5.74) is 15.0. The Labute approximate surface area is 325 Å². The van der Waals surface area contributed by atoms with Crippen LogP contribution in [0.2, 0.25) is 0 Å². The van der Waals surface area contributed by atoms with Crippen LogP contribution in [0.5, 0.6) is 0 Å². The minimum absolute atomic E-state index is 0.664. The van der Waals surface area contributed by atoms with Gasteiger partial charge < -0.3 is 8.98 Å². The van der Waals surface area contributed by atoms with Crippen molar-refractivity contribution in [1.82, 2.24) is 9.55 Å². The van der Waals surface area contributed by atoms with Crippen molar-refractivity contribution in [3.63, 3.8) is 0 Å². The molecule has 0 saturated heterocycles. The number of para-hydroxylation sites is 2. The van der Waals surface area contributed by atoms with Crippen LogP contribution >= 0.6 is 0 Å². The molecule has 0 bridgehead atoms. The molecule has 3 nitrogen and oxygen atoms in total. The number of allylic oxidation sites excluding steroid dienone is 1. The quantitative estimate of drug-likeness (QED) is 0.172. The van der Waals surface area contributed by atoms with Crippen LogP contribution in [0.25, 0.3) is 88.7 Å². The molecular weight excluding hydrogens is 681 g/mol. The summed E-state index contributed by atoms with van der Waals surface area (Å²) in [5.74, 6) is 1.62. The molecule has 0 aliphatic heterocycles. The smallest absolute Gasteiger partial charge is 0.226 e. The van der Waals surface area contributed by atoms with Gasteiger partial charge >= 0.3 is 0 Å². The summed E-state index contributed by atoms with van der Waals surface area (Å²) in [6.45, 7) is 0. The SMILES string of the molecule is C1=C(c2cccc3ccccc23)c2nc(-c3ccc(-c4ccccc4-c4ccccc4-c4ccc5c(c4)c4ccccc4n5-c4ccccc4)cc3)oc2CC1. The van der Waals surface area contributed by atoms with E-state index in [0.29, 0.717) is 5.89 Å². The number of fused-ring (bicyclic) bond motifs is 5. The fraction of sp³-hybridized carbons (Fsp3) is 0.0377. The van der Waals surface area contributed by atoms with Crippen LogP contribution in [0.4, 0.5) is 0 Å². The number of oxazole rings is 1. The minimum atomic E-state index is 0.664. The predicted octanol–water partition coefficient (Wildman–Crippen LogP) is 14.0. The second kappa shape index (κ2) is 13.3. The molecule has 0 amide bonds. The van der Waals surface area contributed by atoms with Crippen molar-refractivity contribution in [2.24, 2.45) is 0 Å². The van der Waals surface area contributed by atoms with Gasteiger partial charge in [-0.2, -0.15) is 0 Å². The van der Waals surface area contributed by atoms with Gasteiger partial charge in [-0.25, -0.2) is 4.98 Å². The summed E-state index contributed by atoms with van der Waals surface area (Å²) in [6.07, 6.45) is 4.10. The topological polar surface area (TPSA) is 31.0 Å². The zero-order valence-corrected chi connectivity index (χ0v) is 30.7. The van der Waals surface area contributed by atoms with E-state index < -0.39 is 0 Å². The van der Waals surface area contributed by atoms with Crippen molar-refractivity contribution < 1.29 is 4.42 Å². The summed E-state index contributed by atoms with van der Waals surface area (Å²) in [6, 6.07) is 67.5. The fourth-order valence-corrected chi connectivity index (χ4v) is 8.72. The van der Waals surface area contributed by atoms with Gasteiger partial charge in [0.15, 0.2) is 0 Å². The Morgan fingerprint density at radius 1 is 0.446 bits per heavy atom. The maximum Gasteiger partial charge on any atom is 0.226 e. The highest BCUT2D eigenvalue weighted by atomic mass is 16.4. The van der Waals surface area contributed by atoms with Gasteiger partial charge in [-0.05, 0) is 98.6 Å². The molecule has 0 unspecified atom stereocenters. The zero-order chi connectivity index (χ0) is 37.0. The molecule has 0 radical (unpaired) electrons. The van der Waals surface area contributed by atoms with Crippen molar-refractivity contribution in [3.05, 3.63) is 211 Å². The van der Waals surface area contributed by atoms with Gasteiger partial charge in [0.2, 0.25) is 5.89 Å². The van der Waals surface area contributed by atoms with Crippen molar-refractivity contribution in [3.8, 4) is 50.5 Å². The Morgan fingerprint density at radius 3 is 1.84 bits per heavy atom. The molecule has 0 saturated carbocycles. The molecular formula is C53H36N2O. The first-order valence-electron chi connectivity index (χ1n) is 19.4. The van der Waals surface area contributed by atoms with Crippen molar-refractivity contribution in [2.75, 3.05) is 0 Å². The van der Waals surface area contributed by atoms with Gasteiger partial charge in [-0.15, -0.1) is 0 Å². The maximum absolute atomic E-state index is 6.49. The molecule has 2 aromatic heterocycles. The van der Waals surface area contributed by atoms with Crippen molar-refractivity contribution in [2.45, 2.75) is 12.8 Å². The lowest BCUT2D eigenvalue weighted by Gasteiger charge is -2.15. The Hall–Kier alpha value is -7.23. The van der Waals surface area contributed by atoms with E-state index in [1.54, 1.807) is 0 Å². The third-order valence-electron chi connectivity index (χ3n) is 11.3. The van der Waals surface area contributed by atoms with Gasteiger partial charge in [0.25, 0.3) is 0 Å². The van der Waals surface area contributed by atoms with Gasteiger partial charge in [0, 0.05) is 34.0 Å². The molecule has 10 aromatic rings. The average Bonchev–Trinajstić information content (AvgIpc) is 3.86. The number of aryl methyl sites for hydroxylation is 1. The van der Waals surface area contributed by atoms with Crippen molar-refractivity contribution in [1.29, 1.82) is 0 Å². The first-order valence-corrected chi connectivity index (χ1v) is 19.4. The summed E-state index contributed by atoms with van der Waals surface area (Å²) >= 11 is 0. The van der Waals surface area contributed by atoms with E-state index in [2.05, 4.69) is 199 Å². The minimum Gasteiger partial charge on any atom is -0.440 e. The summed E-state index contributed by atoms with van der Waals surface area (Å²) in [4.78, 5) is 5.12. The first-order chi connectivity index (χ1) is 27.8. The van der Waals surface area contributed by atoms with Crippen LogP contribution in [0.15, 0.2) is 199 Å². The van der Waals surface area contributed by atoms with E-state index in [1.807, 2.05) is 0 Å². The summed E-state index contributed by atoms with van der Waals surface area (Å²) < 4.78 is 8.86. The average molecular weight is 717 g/mol. The van der Waals surface area contributed by atoms with Gasteiger partial charge in [0.05, 0.1) is 11.0 Å². The van der Waals surface area contributed by atoms with Crippen LogP contribution in [0.3, 0.4) is 0 Å². The van der Waals surface area contributed by atoms with Crippen LogP contribution < -0.4 is 0 Å². The van der Waals surface area contributed by atoms with Gasteiger partial charge in [0.1, 0.15) is 11.5 Å². The fourth-order valence-electron chi connectivity index (χ4n) is 8.72. The molecule has 0 atom stereocenters. The summed E-state index contributed by atoms with van der Waals surface area (Å²) in [5, 5.41) is 4.96. The molecule has 11 rings (SSSR count). The normalized spacial score (nSPS) is 12.6. The molecule has 264 valence electrons. The summed E-state index contributed by atoms with van der Waals surface area (Å²) in [7, 11) is 0. The standard InChI is InChI=1S/C53H36N2O/c1-2-16-39(17-3-1)55-49-26-11-10-23-46(49)48-34-38(32-33-50(48)55)42-20-7-9-22-44(42)43-21-8-6-19-41(43)36-28-30-37(31-29-36)53-54-52-47(25-13-27-51(52)56-53)45-24-12-15-35-14-4-5-18-40(35)45/h1-12,14-26,28-34H,13,27H2. The molecule has 1 aliphatic carbocycles. The van der Waals surface area contributed by atoms with E-state index in [0.717, 1.165) is 46.7 Å². The predicted molar refractivity (Wildman–Crippen MR) is 232 cm³/mol. The lowest BCUT2D eigenvalue weighted by molar-refractivity contribution is 0.516. The third-order valence-corrected chi connectivity index (χ3v) is 11.3.